The number of imidazole rings is 1. The highest BCUT2D eigenvalue weighted by atomic mass is 35.5. The number of nitrogens with zero attached hydrogens (tertiary/aromatic N) is 3. The number of halogens is 1. The van der Waals surface area contributed by atoms with Crippen molar-refractivity contribution in [3.8, 4) is 0 Å². The van der Waals surface area contributed by atoms with Gasteiger partial charge >= 0.3 is 0 Å². The number of hydrogen-bond acceptors (Lipinski definition) is 4. The van der Waals surface area contributed by atoms with Crippen LogP contribution < -0.4 is 11.1 Å². The van der Waals surface area contributed by atoms with Crippen LogP contribution in [0.25, 0.3) is 11.2 Å². The van der Waals surface area contributed by atoms with Crippen molar-refractivity contribution in [3.05, 3.63) is 52.7 Å². The molecule has 7 heteroatoms. The van der Waals surface area contributed by atoms with E-state index < -0.39 is 5.91 Å². The Morgan fingerprint density at radius 3 is 2.67 bits per heavy atom. The predicted octanol–water partition coefficient (Wildman–Crippen LogP) is 4.30. The molecule has 27 heavy (non-hydrogen) atoms. The first-order valence-corrected chi connectivity index (χ1v) is 9.67. The zero-order valence-electron chi connectivity index (χ0n) is 15.0. The third kappa shape index (κ3) is 3.62. The van der Waals surface area contributed by atoms with Crippen molar-refractivity contribution in [2.45, 2.75) is 44.7 Å². The number of carbonyl (C=O) groups is 1. The number of carbonyl (C=O) groups excluding carboxylic acids is 1. The van der Waals surface area contributed by atoms with Crippen LogP contribution in [0.2, 0.25) is 5.02 Å². The van der Waals surface area contributed by atoms with Crippen LogP contribution in [0.1, 0.15) is 54.2 Å². The molecule has 1 fully saturated rings. The molecular formula is C20H22ClN5O. The summed E-state index contributed by atoms with van der Waals surface area (Å²) in [5.74, 6) is 0.209. The first-order chi connectivity index (χ1) is 13.1. The molecule has 1 saturated carbocycles. The number of aromatic nitrogens is 3. The Labute approximate surface area is 162 Å². The summed E-state index contributed by atoms with van der Waals surface area (Å²) in [5, 5.41) is 4.14. The average Bonchev–Trinajstić information content (AvgIpc) is 3.05. The van der Waals surface area contributed by atoms with E-state index in [1.165, 1.54) is 19.3 Å². The van der Waals surface area contributed by atoms with Crippen LogP contribution in [-0.4, -0.2) is 20.4 Å². The summed E-state index contributed by atoms with van der Waals surface area (Å²) in [6.45, 7) is 0.568. The highest BCUT2D eigenvalue weighted by Gasteiger charge is 2.22. The average molecular weight is 384 g/mol. The normalized spacial score (nSPS) is 15.1. The van der Waals surface area contributed by atoms with Crippen LogP contribution in [-0.2, 0) is 6.54 Å². The second-order valence-electron chi connectivity index (χ2n) is 6.95. The van der Waals surface area contributed by atoms with E-state index in [9.17, 15) is 4.79 Å². The number of anilines is 1. The first kappa shape index (κ1) is 17.8. The zero-order valence-corrected chi connectivity index (χ0v) is 15.7. The first-order valence-electron chi connectivity index (χ1n) is 9.29. The number of fused-ring (bicyclic) bond motifs is 1. The van der Waals surface area contributed by atoms with E-state index in [0.717, 1.165) is 34.9 Å². The number of nitrogens with one attached hydrogen (secondary N) is 1. The maximum Gasteiger partial charge on any atom is 0.267 e. The molecule has 2 heterocycles. The maximum atomic E-state index is 11.5. The number of amides is 1. The highest BCUT2D eigenvalue weighted by molar-refractivity contribution is 6.31. The Morgan fingerprint density at radius 2 is 1.93 bits per heavy atom. The SMILES string of the molecule is NC(=O)c1ccc2c(n1)nc(NCc1ccccc1Cl)n2C1CCCCC1. The van der Waals surface area contributed by atoms with E-state index in [-0.39, 0.29) is 5.69 Å². The van der Waals surface area contributed by atoms with Crippen molar-refractivity contribution in [1.29, 1.82) is 0 Å². The molecule has 3 aromatic rings. The third-order valence-corrected chi connectivity index (χ3v) is 5.51. The number of rotatable bonds is 5. The molecule has 0 saturated heterocycles. The Balaban J connectivity index is 1.72. The molecule has 1 aliphatic carbocycles. The molecule has 0 spiro atoms. The molecule has 0 unspecified atom stereocenters. The summed E-state index contributed by atoms with van der Waals surface area (Å²) in [7, 11) is 0. The standard InChI is InChI=1S/C20H22ClN5O/c21-15-9-5-4-6-13(15)12-23-20-25-19-17(11-10-16(24-19)18(22)27)26(20)14-7-2-1-3-8-14/h4-6,9-11,14H,1-3,7-8,12H2,(H2,22,27)(H,23,24,25). The Kier molecular flexibility index (Phi) is 4.99. The lowest BCUT2D eigenvalue weighted by Crippen LogP contribution is -2.16. The fraction of sp³-hybridized carbons (Fsp3) is 0.350. The summed E-state index contributed by atoms with van der Waals surface area (Å²) in [6, 6.07) is 11.7. The van der Waals surface area contributed by atoms with Crippen molar-refractivity contribution in [2.75, 3.05) is 5.32 Å². The summed E-state index contributed by atoms with van der Waals surface area (Å²) in [5.41, 5.74) is 8.08. The summed E-state index contributed by atoms with van der Waals surface area (Å²) >= 11 is 6.28. The van der Waals surface area contributed by atoms with Crippen molar-refractivity contribution in [1.82, 2.24) is 14.5 Å². The van der Waals surface area contributed by atoms with Crippen LogP contribution in [0.5, 0.6) is 0 Å². The van der Waals surface area contributed by atoms with Gasteiger partial charge in [-0.1, -0.05) is 49.1 Å². The molecule has 0 radical (unpaired) electrons. The molecule has 1 aliphatic rings. The number of nitrogens with two attached hydrogens (primary N) is 1. The van der Waals surface area contributed by atoms with E-state index in [1.807, 2.05) is 30.3 Å². The van der Waals surface area contributed by atoms with Gasteiger partial charge in [-0.3, -0.25) is 4.79 Å². The summed E-state index contributed by atoms with van der Waals surface area (Å²) in [4.78, 5) is 20.5. The molecule has 6 nitrogen and oxygen atoms in total. The topological polar surface area (TPSA) is 85.8 Å². The number of benzene rings is 1. The monoisotopic (exact) mass is 383 g/mol. The zero-order chi connectivity index (χ0) is 18.8. The van der Waals surface area contributed by atoms with Crippen LogP contribution >= 0.6 is 11.6 Å². The number of primary amides is 1. The third-order valence-electron chi connectivity index (χ3n) is 5.14. The van der Waals surface area contributed by atoms with Crippen molar-refractivity contribution in [3.63, 3.8) is 0 Å². The quantitative estimate of drug-likeness (QED) is 0.687. The number of hydrogen-bond donors (Lipinski definition) is 2. The minimum absolute atomic E-state index is 0.230. The molecule has 1 aromatic carbocycles. The Hall–Kier alpha value is -2.60. The van der Waals surface area contributed by atoms with Gasteiger partial charge in [0.1, 0.15) is 5.69 Å². The van der Waals surface area contributed by atoms with Gasteiger partial charge in [0.25, 0.3) is 5.91 Å². The van der Waals surface area contributed by atoms with Crippen LogP contribution in [0.3, 0.4) is 0 Å². The van der Waals surface area contributed by atoms with Gasteiger partial charge < -0.3 is 15.6 Å². The van der Waals surface area contributed by atoms with Gasteiger partial charge in [-0.05, 0) is 36.6 Å². The van der Waals surface area contributed by atoms with Gasteiger partial charge in [-0.2, -0.15) is 4.98 Å². The smallest absolute Gasteiger partial charge is 0.267 e. The minimum Gasteiger partial charge on any atom is -0.364 e. The fourth-order valence-electron chi connectivity index (χ4n) is 3.77. The molecule has 3 N–H and O–H groups in total. The predicted molar refractivity (Wildman–Crippen MR) is 107 cm³/mol. The molecule has 0 atom stereocenters. The van der Waals surface area contributed by atoms with E-state index in [0.29, 0.717) is 18.2 Å². The largest absolute Gasteiger partial charge is 0.364 e. The van der Waals surface area contributed by atoms with Gasteiger partial charge in [0, 0.05) is 17.6 Å². The van der Waals surface area contributed by atoms with Crippen molar-refractivity contribution < 1.29 is 4.79 Å². The Morgan fingerprint density at radius 1 is 1.15 bits per heavy atom. The minimum atomic E-state index is -0.547. The number of pyridine rings is 1. The van der Waals surface area contributed by atoms with Crippen LogP contribution in [0.15, 0.2) is 36.4 Å². The highest BCUT2D eigenvalue weighted by Crippen LogP contribution is 2.34. The lowest BCUT2D eigenvalue weighted by molar-refractivity contribution is 0.0996. The molecular weight excluding hydrogens is 362 g/mol. The Bertz CT molecular complexity index is 978. The molecule has 0 aliphatic heterocycles. The lowest BCUT2D eigenvalue weighted by atomic mass is 9.95. The summed E-state index contributed by atoms with van der Waals surface area (Å²) < 4.78 is 2.23. The molecule has 2 aromatic heterocycles. The second kappa shape index (κ2) is 7.56. The lowest BCUT2D eigenvalue weighted by Gasteiger charge is -2.25. The van der Waals surface area contributed by atoms with Gasteiger partial charge in [0.15, 0.2) is 5.65 Å². The van der Waals surface area contributed by atoms with E-state index >= 15 is 0 Å². The summed E-state index contributed by atoms with van der Waals surface area (Å²) in [6.07, 6.45) is 5.92. The maximum absolute atomic E-state index is 11.5. The van der Waals surface area contributed by atoms with E-state index in [2.05, 4.69) is 19.9 Å². The van der Waals surface area contributed by atoms with Crippen molar-refractivity contribution >= 4 is 34.6 Å². The molecule has 1 amide bonds. The van der Waals surface area contributed by atoms with Gasteiger partial charge in [-0.25, -0.2) is 4.98 Å². The van der Waals surface area contributed by atoms with Gasteiger partial charge in [0.05, 0.1) is 5.52 Å². The molecule has 140 valence electrons. The van der Waals surface area contributed by atoms with Crippen LogP contribution in [0, 0.1) is 0 Å². The van der Waals surface area contributed by atoms with Gasteiger partial charge in [0.2, 0.25) is 5.95 Å². The second-order valence-corrected chi connectivity index (χ2v) is 7.35. The van der Waals surface area contributed by atoms with E-state index in [4.69, 9.17) is 17.3 Å². The molecule has 4 rings (SSSR count). The molecule has 0 bridgehead atoms. The van der Waals surface area contributed by atoms with E-state index in [1.54, 1.807) is 6.07 Å². The van der Waals surface area contributed by atoms with Gasteiger partial charge in [-0.15, -0.1) is 0 Å². The van der Waals surface area contributed by atoms with Crippen molar-refractivity contribution in [2.24, 2.45) is 5.73 Å². The van der Waals surface area contributed by atoms with Crippen LogP contribution in [0.4, 0.5) is 5.95 Å². The fourth-order valence-corrected chi connectivity index (χ4v) is 3.97.